The molecule has 0 spiro atoms. The van der Waals surface area contributed by atoms with Crippen LogP contribution in [-0.2, 0) is 10.0 Å². The largest absolute Gasteiger partial charge is 0.368 e. The van der Waals surface area contributed by atoms with Crippen molar-refractivity contribution in [2.45, 2.75) is 37.1 Å². The number of nitrogen functional groups attached to an aromatic ring is 1. The molecular formula is C12H21N5O2S. The Morgan fingerprint density at radius 1 is 1.30 bits per heavy atom. The number of nitrogens with zero attached hydrogens (tertiary/aromatic N) is 3. The predicted octanol–water partition coefficient (Wildman–Crippen LogP) is 0.212. The minimum Gasteiger partial charge on any atom is -0.368 e. The Morgan fingerprint density at radius 2 is 1.90 bits per heavy atom. The van der Waals surface area contributed by atoms with Crippen LogP contribution in [0.3, 0.4) is 0 Å². The number of nitrogens with one attached hydrogen (secondary N) is 1. The van der Waals surface area contributed by atoms with Gasteiger partial charge in [-0.05, 0) is 32.9 Å². The van der Waals surface area contributed by atoms with Crippen LogP contribution in [0.4, 0.5) is 5.95 Å². The van der Waals surface area contributed by atoms with Crippen LogP contribution in [0.2, 0.25) is 0 Å². The molecule has 2 rings (SSSR count). The van der Waals surface area contributed by atoms with Crippen LogP contribution in [0, 0.1) is 0 Å². The number of hydrogen-bond donors (Lipinski definition) is 2. The molecule has 8 heteroatoms. The summed E-state index contributed by atoms with van der Waals surface area (Å²) in [7, 11) is -3.58. The maximum Gasteiger partial charge on any atom is 0.243 e. The zero-order valence-electron chi connectivity index (χ0n) is 11.6. The summed E-state index contributed by atoms with van der Waals surface area (Å²) >= 11 is 0. The van der Waals surface area contributed by atoms with Crippen molar-refractivity contribution in [3.8, 4) is 0 Å². The van der Waals surface area contributed by atoms with Crippen molar-refractivity contribution in [2.24, 2.45) is 0 Å². The summed E-state index contributed by atoms with van der Waals surface area (Å²) in [5.41, 5.74) is 5.35. The standard InChI is InChI=1S/C12H21N5O2S/c1-10(9-17-5-3-2-4-6-17)16-20(18,19)11-7-14-12(13)15-8-11/h7-8,10,16H,2-6,9H2,1H3,(H2,13,14,15). The van der Waals surface area contributed by atoms with E-state index in [4.69, 9.17) is 5.73 Å². The summed E-state index contributed by atoms with van der Waals surface area (Å²) in [4.78, 5) is 9.74. The number of sulfonamides is 1. The first-order valence-corrected chi connectivity index (χ1v) is 8.28. The normalized spacial score (nSPS) is 18.9. The summed E-state index contributed by atoms with van der Waals surface area (Å²) in [5, 5.41) is 0. The SMILES string of the molecule is CC(CN1CCCCC1)NS(=O)(=O)c1cnc(N)nc1. The van der Waals surface area contributed by atoms with Gasteiger partial charge in [-0.15, -0.1) is 0 Å². The zero-order valence-corrected chi connectivity index (χ0v) is 12.4. The fourth-order valence-corrected chi connectivity index (χ4v) is 3.49. The van der Waals surface area contributed by atoms with Gasteiger partial charge in [0.1, 0.15) is 4.90 Å². The molecule has 1 atom stereocenters. The number of nitrogens with two attached hydrogens (primary N) is 1. The highest BCUT2D eigenvalue weighted by atomic mass is 32.2. The highest BCUT2D eigenvalue weighted by molar-refractivity contribution is 7.89. The molecular weight excluding hydrogens is 278 g/mol. The quantitative estimate of drug-likeness (QED) is 0.806. The van der Waals surface area contributed by atoms with Crippen molar-refractivity contribution in [3.63, 3.8) is 0 Å². The average molecular weight is 299 g/mol. The van der Waals surface area contributed by atoms with Crippen molar-refractivity contribution in [3.05, 3.63) is 12.4 Å². The molecule has 20 heavy (non-hydrogen) atoms. The van der Waals surface area contributed by atoms with E-state index in [2.05, 4.69) is 19.6 Å². The van der Waals surface area contributed by atoms with E-state index in [1.807, 2.05) is 6.92 Å². The second kappa shape index (κ2) is 6.47. The molecule has 0 aliphatic carbocycles. The first kappa shape index (κ1) is 15.1. The molecule has 0 bridgehead atoms. The van der Waals surface area contributed by atoms with E-state index >= 15 is 0 Å². The van der Waals surface area contributed by atoms with Gasteiger partial charge in [0.05, 0.1) is 12.4 Å². The summed E-state index contributed by atoms with van der Waals surface area (Å²) < 4.78 is 26.9. The van der Waals surface area contributed by atoms with Gasteiger partial charge < -0.3 is 10.6 Å². The van der Waals surface area contributed by atoms with Gasteiger partial charge in [0, 0.05) is 12.6 Å². The van der Waals surface area contributed by atoms with Gasteiger partial charge in [-0.1, -0.05) is 6.42 Å². The van der Waals surface area contributed by atoms with Gasteiger partial charge in [0.15, 0.2) is 0 Å². The molecule has 1 fully saturated rings. The topological polar surface area (TPSA) is 101 Å². The lowest BCUT2D eigenvalue weighted by molar-refractivity contribution is 0.215. The first-order valence-electron chi connectivity index (χ1n) is 6.79. The molecule has 0 aromatic carbocycles. The number of aromatic nitrogens is 2. The molecule has 7 nitrogen and oxygen atoms in total. The van der Waals surface area contributed by atoms with E-state index in [1.54, 1.807) is 0 Å². The molecule has 1 aliphatic rings. The smallest absolute Gasteiger partial charge is 0.243 e. The molecule has 112 valence electrons. The summed E-state index contributed by atoms with van der Waals surface area (Å²) in [5.74, 6) is 0.0605. The Hall–Kier alpha value is -1.25. The molecule has 1 aliphatic heterocycles. The molecule has 1 saturated heterocycles. The van der Waals surface area contributed by atoms with E-state index in [-0.39, 0.29) is 16.9 Å². The van der Waals surface area contributed by atoms with Crippen LogP contribution >= 0.6 is 0 Å². The molecule has 1 unspecified atom stereocenters. The van der Waals surface area contributed by atoms with Crippen molar-refractivity contribution < 1.29 is 8.42 Å². The van der Waals surface area contributed by atoms with Crippen molar-refractivity contribution in [2.75, 3.05) is 25.4 Å². The van der Waals surface area contributed by atoms with Gasteiger partial charge in [-0.3, -0.25) is 0 Å². The van der Waals surface area contributed by atoms with Crippen LogP contribution in [0.5, 0.6) is 0 Å². The van der Waals surface area contributed by atoms with Crippen LogP contribution in [0.25, 0.3) is 0 Å². The van der Waals surface area contributed by atoms with Crippen molar-refractivity contribution >= 4 is 16.0 Å². The molecule has 1 aromatic heterocycles. The van der Waals surface area contributed by atoms with E-state index in [0.717, 1.165) is 19.6 Å². The van der Waals surface area contributed by atoms with Crippen molar-refractivity contribution in [1.29, 1.82) is 0 Å². The number of likely N-dealkylation sites (tertiary alicyclic amines) is 1. The highest BCUT2D eigenvalue weighted by Crippen LogP contribution is 2.11. The van der Waals surface area contributed by atoms with E-state index in [9.17, 15) is 8.42 Å². The molecule has 0 amide bonds. The minimum absolute atomic E-state index is 0.0391. The van der Waals surface area contributed by atoms with Gasteiger partial charge in [-0.2, -0.15) is 0 Å². The molecule has 2 heterocycles. The van der Waals surface area contributed by atoms with Crippen molar-refractivity contribution in [1.82, 2.24) is 19.6 Å². The summed E-state index contributed by atoms with van der Waals surface area (Å²) in [6.45, 7) is 4.66. The Balaban J connectivity index is 1.95. The Morgan fingerprint density at radius 3 is 2.50 bits per heavy atom. The number of piperidine rings is 1. The van der Waals surface area contributed by atoms with E-state index < -0.39 is 10.0 Å². The second-order valence-corrected chi connectivity index (χ2v) is 6.87. The molecule has 3 N–H and O–H groups in total. The lowest BCUT2D eigenvalue weighted by Crippen LogP contribution is -2.43. The summed E-state index contributed by atoms with van der Waals surface area (Å²) in [6.07, 6.45) is 6.08. The summed E-state index contributed by atoms with van der Waals surface area (Å²) in [6, 6.07) is -0.157. The Labute approximate surface area is 119 Å². The first-order chi connectivity index (χ1) is 9.47. The number of rotatable bonds is 5. The van der Waals surface area contributed by atoms with Gasteiger partial charge in [-0.25, -0.2) is 23.1 Å². The molecule has 0 radical (unpaired) electrons. The van der Waals surface area contributed by atoms with Gasteiger partial charge in [0.25, 0.3) is 0 Å². The third kappa shape index (κ3) is 4.12. The van der Waals surface area contributed by atoms with E-state index in [0.29, 0.717) is 0 Å². The zero-order chi connectivity index (χ0) is 14.6. The maximum atomic E-state index is 12.1. The molecule has 0 saturated carbocycles. The van der Waals surface area contributed by atoms with Crippen LogP contribution < -0.4 is 10.5 Å². The molecule has 1 aromatic rings. The van der Waals surface area contributed by atoms with Crippen LogP contribution in [0.15, 0.2) is 17.3 Å². The fraction of sp³-hybridized carbons (Fsp3) is 0.667. The average Bonchev–Trinajstić information content (AvgIpc) is 2.39. The van der Waals surface area contributed by atoms with Crippen LogP contribution in [-0.4, -0.2) is 49.0 Å². The lowest BCUT2D eigenvalue weighted by atomic mass is 10.1. The minimum atomic E-state index is -3.58. The third-order valence-corrected chi connectivity index (χ3v) is 4.84. The Bertz CT molecular complexity index is 525. The van der Waals surface area contributed by atoms with Gasteiger partial charge >= 0.3 is 0 Å². The monoisotopic (exact) mass is 299 g/mol. The third-order valence-electron chi connectivity index (χ3n) is 3.30. The highest BCUT2D eigenvalue weighted by Gasteiger charge is 2.20. The lowest BCUT2D eigenvalue weighted by Gasteiger charge is -2.29. The fourth-order valence-electron chi connectivity index (χ4n) is 2.36. The van der Waals surface area contributed by atoms with Gasteiger partial charge in [0.2, 0.25) is 16.0 Å². The maximum absolute atomic E-state index is 12.1. The Kier molecular flexibility index (Phi) is 4.90. The number of hydrogen-bond acceptors (Lipinski definition) is 6. The second-order valence-electron chi connectivity index (χ2n) is 5.16. The number of anilines is 1. The predicted molar refractivity (Wildman–Crippen MR) is 76.5 cm³/mol. The van der Waals surface area contributed by atoms with Crippen LogP contribution in [0.1, 0.15) is 26.2 Å². The van der Waals surface area contributed by atoms with E-state index in [1.165, 1.54) is 31.7 Å².